The highest BCUT2D eigenvalue weighted by molar-refractivity contribution is 5.66. The van der Waals surface area contributed by atoms with Crippen LogP contribution in [0.3, 0.4) is 0 Å². The first kappa shape index (κ1) is 14.4. The van der Waals surface area contributed by atoms with E-state index in [4.69, 9.17) is 0 Å². The molecule has 0 aliphatic carbocycles. The number of anilines is 4. The topological polar surface area (TPSA) is 27.6 Å². The van der Waals surface area contributed by atoms with E-state index in [1.54, 1.807) is 0 Å². The van der Waals surface area contributed by atoms with Crippen LogP contribution in [-0.2, 0) is 0 Å². The zero-order chi connectivity index (χ0) is 15.4. The van der Waals surface area contributed by atoms with E-state index in [1.165, 1.54) is 11.1 Å². The molecule has 0 unspecified atom stereocenters. The van der Waals surface area contributed by atoms with Gasteiger partial charge in [0.2, 0.25) is 0 Å². The van der Waals surface area contributed by atoms with Crippen molar-refractivity contribution in [1.82, 2.24) is 0 Å². The number of nitrogens with one attached hydrogen (secondary N) is 2. The van der Waals surface area contributed by atoms with E-state index in [9.17, 15) is 0 Å². The highest BCUT2D eigenvalue weighted by Gasteiger charge is 2.12. The quantitative estimate of drug-likeness (QED) is 0.733. The van der Waals surface area contributed by atoms with E-state index in [0.717, 1.165) is 22.7 Å². The fourth-order valence-corrected chi connectivity index (χ4v) is 2.44. The van der Waals surface area contributed by atoms with Gasteiger partial charge in [0.15, 0.2) is 11.4 Å². The second-order valence-corrected chi connectivity index (χ2v) is 5.46. The van der Waals surface area contributed by atoms with Crippen molar-refractivity contribution in [2.45, 2.75) is 13.8 Å². The number of rotatable bonds is 4. The first-order valence-corrected chi connectivity index (χ1v) is 7.48. The van der Waals surface area contributed by atoms with Gasteiger partial charge in [-0.2, -0.15) is 0 Å². The Bertz CT molecular complexity index is 682. The summed E-state index contributed by atoms with van der Waals surface area (Å²) in [6, 6.07) is 24.9. The predicted octanol–water partition coefficient (Wildman–Crippen LogP) is 4.36. The molecule has 0 spiro atoms. The third-order valence-electron chi connectivity index (χ3n) is 3.68. The molecule has 22 heavy (non-hydrogen) atoms. The summed E-state index contributed by atoms with van der Waals surface area (Å²) in [5, 5.41) is 6.95. The van der Waals surface area contributed by atoms with E-state index in [-0.39, 0.29) is 0 Å². The zero-order valence-corrected chi connectivity index (χ0v) is 12.9. The second-order valence-electron chi connectivity index (χ2n) is 5.46. The Morgan fingerprint density at radius 1 is 0.727 bits per heavy atom. The summed E-state index contributed by atoms with van der Waals surface area (Å²) in [6.45, 7) is 4.25. The maximum Gasteiger partial charge on any atom is 0.188 e. The molecule has 0 fully saturated rings. The lowest BCUT2D eigenvalue weighted by atomic mass is 10.1. The Morgan fingerprint density at radius 2 is 1.36 bits per heavy atom. The van der Waals surface area contributed by atoms with Crippen LogP contribution in [0.4, 0.5) is 22.7 Å². The normalized spacial score (nSPS) is 10.5. The van der Waals surface area contributed by atoms with Crippen molar-refractivity contribution in [3.05, 3.63) is 83.9 Å². The first-order valence-electron chi connectivity index (χ1n) is 7.48. The van der Waals surface area contributed by atoms with Crippen molar-refractivity contribution < 1.29 is 5.32 Å². The van der Waals surface area contributed by atoms with Crippen LogP contribution < -0.4 is 10.6 Å². The molecule has 109 valence electrons. The Kier molecular flexibility index (Phi) is 4.22. The van der Waals surface area contributed by atoms with Crippen LogP contribution >= 0.6 is 0 Å². The van der Waals surface area contributed by atoms with Gasteiger partial charge in [-0.3, -0.25) is 0 Å². The summed E-state index contributed by atoms with van der Waals surface area (Å²) in [5.74, 6) is 0. The second kappa shape index (κ2) is 6.46. The van der Waals surface area contributed by atoms with Gasteiger partial charge in [-0.05, 0) is 37.6 Å². The van der Waals surface area contributed by atoms with Crippen molar-refractivity contribution in [2.75, 3.05) is 5.32 Å². The summed E-state index contributed by atoms with van der Waals surface area (Å²) < 4.78 is 0. The van der Waals surface area contributed by atoms with Gasteiger partial charge in [0, 0.05) is 35.1 Å². The van der Waals surface area contributed by atoms with Gasteiger partial charge in [0.25, 0.3) is 0 Å². The molecule has 2 heteroatoms. The van der Waals surface area contributed by atoms with Gasteiger partial charge in [0.1, 0.15) is 0 Å². The molecule has 0 saturated carbocycles. The van der Waals surface area contributed by atoms with Crippen LogP contribution in [0.1, 0.15) is 11.1 Å². The molecule has 0 saturated heterocycles. The van der Waals surface area contributed by atoms with Crippen molar-refractivity contribution in [3.63, 3.8) is 0 Å². The average molecular weight is 288 g/mol. The smallest absolute Gasteiger partial charge is 0.188 e. The van der Waals surface area contributed by atoms with Crippen LogP contribution in [0.5, 0.6) is 0 Å². The minimum atomic E-state index is 1.11. The molecule has 0 atom stereocenters. The Balaban J connectivity index is 1.85. The molecule has 0 bridgehead atoms. The molecule has 3 aromatic carbocycles. The third kappa shape index (κ3) is 3.35. The highest BCUT2D eigenvalue weighted by Crippen LogP contribution is 2.25. The maximum atomic E-state index is 3.48. The largest absolute Gasteiger partial charge is 0.355 e. The van der Waals surface area contributed by atoms with E-state index >= 15 is 0 Å². The molecule has 2 nitrogen and oxygen atoms in total. The Labute approximate surface area is 131 Å². The SMILES string of the molecule is Cc1cc([NH+]c2ccccc2)c(C)cc1Nc1ccccc1. The van der Waals surface area contributed by atoms with Crippen molar-refractivity contribution in [1.29, 1.82) is 0 Å². The summed E-state index contributed by atoms with van der Waals surface area (Å²) >= 11 is 0. The molecule has 0 aromatic heterocycles. The molecule has 1 radical (unpaired) electrons. The van der Waals surface area contributed by atoms with Gasteiger partial charge in [-0.25, -0.2) is 0 Å². The third-order valence-corrected chi connectivity index (χ3v) is 3.68. The fourth-order valence-electron chi connectivity index (χ4n) is 2.44. The van der Waals surface area contributed by atoms with Gasteiger partial charge in [-0.15, -0.1) is 5.32 Å². The lowest BCUT2D eigenvalue weighted by Crippen LogP contribution is -2.71. The first-order chi connectivity index (χ1) is 10.7. The Morgan fingerprint density at radius 3 is 2.05 bits per heavy atom. The fraction of sp³-hybridized carbons (Fsp3) is 0.100. The van der Waals surface area contributed by atoms with E-state index in [2.05, 4.69) is 60.9 Å². The molecular formula is C20H20N2+. The van der Waals surface area contributed by atoms with E-state index < -0.39 is 0 Å². The van der Waals surface area contributed by atoms with Crippen molar-refractivity contribution in [2.24, 2.45) is 0 Å². The zero-order valence-electron chi connectivity index (χ0n) is 12.9. The number of hydrogen-bond donors (Lipinski definition) is 2. The minimum Gasteiger partial charge on any atom is -0.355 e. The van der Waals surface area contributed by atoms with Crippen LogP contribution in [-0.4, -0.2) is 0 Å². The van der Waals surface area contributed by atoms with Gasteiger partial charge in [0.05, 0.1) is 0 Å². The molecule has 0 aliphatic rings. The molecule has 2 N–H and O–H groups in total. The van der Waals surface area contributed by atoms with E-state index in [1.807, 2.05) is 36.4 Å². The number of aryl methyl sites for hydroxylation is 2. The van der Waals surface area contributed by atoms with Gasteiger partial charge in [-0.1, -0.05) is 36.4 Å². The van der Waals surface area contributed by atoms with Crippen LogP contribution in [0.25, 0.3) is 0 Å². The summed E-state index contributed by atoms with van der Waals surface area (Å²) in [4.78, 5) is 0. The highest BCUT2D eigenvalue weighted by atomic mass is 14.9. The predicted molar refractivity (Wildman–Crippen MR) is 92.4 cm³/mol. The summed E-state index contributed by atoms with van der Waals surface area (Å²) in [6.07, 6.45) is 0. The summed E-state index contributed by atoms with van der Waals surface area (Å²) in [5.41, 5.74) is 6.92. The number of para-hydroxylation sites is 2. The van der Waals surface area contributed by atoms with Crippen LogP contribution in [0.2, 0.25) is 0 Å². The average Bonchev–Trinajstić information content (AvgIpc) is 2.54. The Hall–Kier alpha value is -2.58. The number of hydrogen-bond acceptors (Lipinski definition) is 2. The molecule has 0 aliphatic heterocycles. The molecular weight excluding hydrogens is 268 g/mol. The van der Waals surface area contributed by atoms with E-state index in [0.29, 0.717) is 0 Å². The minimum absolute atomic E-state index is 1.11. The molecule has 0 heterocycles. The van der Waals surface area contributed by atoms with Crippen LogP contribution in [0, 0.1) is 13.8 Å². The number of benzene rings is 3. The van der Waals surface area contributed by atoms with Crippen molar-refractivity contribution >= 4 is 22.7 Å². The van der Waals surface area contributed by atoms with Gasteiger partial charge < -0.3 is 5.32 Å². The molecule has 3 aromatic rings. The molecule has 3 rings (SSSR count). The van der Waals surface area contributed by atoms with Crippen molar-refractivity contribution in [3.8, 4) is 0 Å². The van der Waals surface area contributed by atoms with Gasteiger partial charge >= 0.3 is 0 Å². The lowest BCUT2D eigenvalue weighted by molar-refractivity contribution is -0.479. The standard InChI is InChI=1S/C20H20N2/c1-15-13-20(22-18-11-7-4-8-12-18)16(2)14-19(15)21-17-9-5-3-6-10-17/h3-14,21-22H,1-2H3/q+1. The maximum absolute atomic E-state index is 3.48. The lowest BCUT2D eigenvalue weighted by Gasteiger charge is -2.11. The van der Waals surface area contributed by atoms with Crippen LogP contribution in [0.15, 0.2) is 72.8 Å². The molecule has 0 amide bonds. The summed E-state index contributed by atoms with van der Waals surface area (Å²) in [7, 11) is 0. The monoisotopic (exact) mass is 288 g/mol.